The minimum atomic E-state index is -0.933. The quantitative estimate of drug-likeness (QED) is 0.584. The number of aryl methyl sites for hydroxylation is 1. The van der Waals surface area contributed by atoms with Crippen molar-refractivity contribution in [2.24, 2.45) is 0 Å². The minimum absolute atomic E-state index is 0.292. The predicted molar refractivity (Wildman–Crippen MR) is 80.4 cm³/mol. The third-order valence-corrected chi connectivity index (χ3v) is 3.30. The summed E-state index contributed by atoms with van der Waals surface area (Å²) in [5.74, 6) is -0.479. The highest BCUT2D eigenvalue weighted by Crippen LogP contribution is 2.23. The number of nitrogens with zero attached hydrogens (tertiary/aromatic N) is 3. The first-order valence-corrected chi connectivity index (χ1v) is 7.00. The van der Waals surface area contributed by atoms with Crippen molar-refractivity contribution in [3.8, 4) is 0 Å². The van der Waals surface area contributed by atoms with Crippen LogP contribution < -0.4 is 4.90 Å². The highest BCUT2D eigenvalue weighted by Gasteiger charge is 2.22. The molecule has 0 amide bonds. The molecule has 0 atom stereocenters. The molecule has 1 aromatic rings. The van der Waals surface area contributed by atoms with Gasteiger partial charge >= 0.3 is 5.97 Å². The molecule has 0 spiro atoms. The maximum absolute atomic E-state index is 11.6. The molecule has 1 heterocycles. The van der Waals surface area contributed by atoms with E-state index in [0.717, 1.165) is 30.6 Å². The lowest BCUT2D eigenvalue weighted by Crippen LogP contribution is -2.25. The minimum Gasteiger partial charge on any atom is -0.478 e. The van der Waals surface area contributed by atoms with Gasteiger partial charge in [-0.15, -0.1) is 11.7 Å². The van der Waals surface area contributed by atoms with Gasteiger partial charge in [-0.05, 0) is 31.2 Å². The fourth-order valence-corrected chi connectivity index (χ4v) is 2.23. The lowest BCUT2D eigenvalue weighted by molar-refractivity contribution is 0.0695. The van der Waals surface area contributed by atoms with E-state index in [1.165, 1.54) is 0 Å². The van der Waals surface area contributed by atoms with Gasteiger partial charge in [0, 0.05) is 13.6 Å². The van der Waals surface area contributed by atoms with Crippen molar-refractivity contribution >= 4 is 11.8 Å². The van der Waals surface area contributed by atoms with Crippen LogP contribution in [0, 0.1) is 0 Å². The van der Waals surface area contributed by atoms with Gasteiger partial charge < -0.3 is 10.0 Å². The number of aromatic nitrogens is 2. The number of rotatable bonds is 8. The zero-order valence-electron chi connectivity index (χ0n) is 12.5. The van der Waals surface area contributed by atoms with Crippen molar-refractivity contribution in [1.29, 1.82) is 0 Å². The Balaban J connectivity index is 3.18. The summed E-state index contributed by atoms with van der Waals surface area (Å²) >= 11 is 0. The molecular formula is C15H23N3O2. The van der Waals surface area contributed by atoms with Crippen molar-refractivity contribution in [1.82, 2.24) is 10.2 Å². The summed E-state index contributed by atoms with van der Waals surface area (Å²) in [5.41, 5.74) is 1.86. The van der Waals surface area contributed by atoms with Crippen LogP contribution in [0.5, 0.6) is 0 Å². The Morgan fingerprint density at radius 3 is 2.55 bits per heavy atom. The van der Waals surface area contributed by atoms with E-state index in [0.29, 0.717) is 24.2 Å². The fourth-order valence-electron chi connectivity index (χ4n) is 2.23. The number of unbranched alkanes of at least 4 members (excludes halogenated alkanes) is 1. The molecule has 20 heavy (non-hydrogen) atoms. The van der Waals surface area contributed by atoms with Crippen LogP contribution in [-0.2, 0) is 12.8 Å². The van der Waals surface area contributed by atoms with Gasteiger partial charge in [-0.3, -0.25) is 0 Å². The standard InChI is InChI=1S/C15H23N3O2/c1-5-8-9-10-18(4)14-13(15(19)20)11(6-2)12(7-3)16-17-14/h5H,1,6-10H2,2-4H3,(H,19,20). The number of anilines is 1. The second-order valence-corrected chi connectivity index (χ2v) is 4.69. The number of carboxylic acid groups (broad SMARTS) is 1. The molecule has 0 radical (unpaired) electrons. The Hall–Kier alpha value is -1.91. The summed E-state index contributed by atoms with van der Waals surface area (Å²) in [6.45, 7) is 8.33. The number of hydrogen-bond acceptors (Lipinski definition) is 4. The molecule has 0 bridgehead atoms. The summed E-state index contributed by atoms with van der Waals surface area (Å²) in [4.78, 5) is 13.5. The maximum Gasteiger partial charge on any atom is 0.339 e. The van der Waals surface area contributed by atoms with E-state index in [4.69, 9.17) is 0 Å². The van der Waals surface area contributed by atoms with Crippen LogP contribution in [0.2, 0.25) is 0 Å². The van der Waals surface area contributed by atoms with Crippen molar-refractivity contribution in [2.45, 2.75) is 39.5 Å². The van der Waals surface area contributed by atoms with E-state index in [2.05, 4.69) is 16.8 Å². The van der Waals surface area contributed by atoms with Crippen LogP contribution in [0.3, 0.4) is 0 Å². The van der Waals surface area contributed by atoms with Crippen LogP contribution in [-0.4, -0.2) is 34.9 Å². The van der Waals surface area contributed by atoms with E-state index in [9.17, 15) is 9.90 Å². The molecule has 5 nitrogen and oxygen atoms in total. The van der Waals surface area contributed by atoms with Gasteiger partial charge in [-0.2, -0.15) is 5.10 Å². The Labute approximate surface area is 120 Å². The first-order chi connectivity index (χ1) is 9.56. The molecule has 0 fully saturated rings. The zero-order valence-corrected chi connectivity index (χ0v) is 12.5. The second-order valence-electron chi connectivity index (χ2n) is 4.69. The molecule has 1 rings (SSSR count). The average molecular weight is 277 g/mol. The predicted octanol–water partition coefficient (Wildman–Crippen LogP) is 2.70. The third kappa shape index (κ3) is 3.56. The SMILES string of the molecule is C=CCCCN(C)c1nnc(CC)c(CC)c1C(=O)O. The van der Waals surface area contributed by atoms with Crippen molar-refractivity contribution in [3.63, 3.8) is 0 Å². The topological polar surface area (TPSA) is 66.3 Å². The molecule has 0 aromatic carbocycles. The summed E-state index contributed by atoms with van der Waals surface area (Å²) in [7, 11) is 1.85. The van der Waals surface area contributed by atoms with E-state index in [1.54, 1.807) is 0 Å². The summed E-state index contributed by atoms with van der Waals surface area (Å²) in [5, 5.41) is 17.8. The van der Waals surface area contributed by atoms with Gasteiger partial charge in [0.25, 0.3) is 0 Å². The normalized spacial score (nSPS) is 10.3. The highest BCUT2D eigenvalue weighted by molar-refractivity contribution is 5.95. The molecule has 110 valence electrons. The molecular weight excluding hydrogens is 254 g/mol. The molecule has 0 aliphatic carbocycles. The van der Waals surface area contributed by atoms with Crippen molar-refractivity contribution in [2.75, 3.05) is 18.5 Å². The first kappa shape index (κ1) is 16.1. The van der Waals surface area contributed by atoms with E-state index >= 15 is 0 Å². The summed E-state index contributed by atoms with van der Waals surface area (Å²) in [6, 6.07) is 0. The molecule has 1 N–H and O–H groups in total. The molecule has 5 heteroatoms. The van der Waals surface area contributed by atoms with Gasteiger partial charge in [-0.1, -0.05) is 19.9 Å². The Morgan fingerprint density at radius 1 is 1.35 bits per heavy atom. The molecule has 0 aliphatic heterocycles. The number of allylic oxidation sites excluding steroid dienone is 1. The highest BCUT2D eigenvalue weighted by atomic mass is 16.4. The van der Waals surface area contributed by atoms with Crippen LogP contribution in [0.25, 0.3) is 0 Å². The summed E-state index contributed by atoms with van der Waals surface area (Å²) in [6.07, 6.45) is 5.01. The number of hydrogen-bond donors (Lipinski definition) is 1. The van der Waals surface area contributed by atoms with Crippen LogP contribution in [0.4, 0.5) is 5.82 Å². The first-order valence-electron chi connectivity index (χ1n) is 7.00. The largest absolute Gasteiger partial charge is 0.478 e. The lowest BCUT2D eigenvalue weighted by atomic mass is 10.0. The molecule has 1 aromatic heterocycles. The number of aromatic carboxylic acids is 1. The van der Waals surface area contributed by atoms with Gasteiger partial charge in [0.05, 0.1) is 5.69 Å². The van der Waals surface area contributed by atoms with Crippen molar-refractivity contribution < 1.29 is 9.90 Å². The van der Waals surface area contributed by atoms with E-state index < -0.39 is 5.97 Å². The van der Waals surface area contributed by atoms with Gasteiger partial charge in [0.15, 0.2) is 5.82 Å². The lowest BCUT2D eigenvalue weighted by Gasteiger charge is -2.21. The smallest absolute Gasteiger partial charge is 0.339 e. The number of carbonyl (C=O) groups is 1. The van der Waals surface area contributed by atoms with Crippen LogP contribution in [0.1, 0.15) is 48.3 Å². The monoisotopic (exact) mass is 277 g/mol. The van der Waals surface area contributed by atoms with E-state index in [-0.39, 0.29) is 0 Å². The molecule has 0 unspecified atom stereocenters. The van der Waals surface area contributed by atoms with Gasteiger partial charge in [0.1, 0.15) is 5.56 Å². The fraction of sp³-hybridized carbons (Fsp3) is 0.533. The number of carboxylic acids is 1. The molecule has 0 saturated carbocycles. The van der Waals surface area contributed by atoms with Crippen molar-refractivity contribution in [3.05, 3.63) is 29.5 Å². The van der Waals surface area contributed by atoms with Crippen LogP contribution in [0.15, 0.2) is 12.7 Å². The Morgan fingerprint density at radius 2 is 2.05 bits per heavy atom. The Kier molecular flexibility index (Phi) is 6.15. The second kappa shape index (κ2) is 7.62. The third-order valence-electron chi connectivity index (χ3n) is 3.30. The van der Waals surface area contributed by atoms with E-state index in [1.807, 2.05) is 31.9 Å². The average Bonchev–Trinajstić information content (AvgIpc) is 2.45. The van der Waals surface area contributed by atoms with Crippen LogP contribution >= 0.6 is 0 Å². The molecule has 0 saturated heterocycles. The Bertz CT molecular complexity index is 486. The summed E-state index contributed by atoms with van der Waals surface area (Å²) < 4.78 is 0. The van der Waals surface area contributed by atoms with Gasteiger partial charge in [-0.25, -0.2) is 4.79 Å². The molecule has 0 aliphatic rings. The zero-order chi connectivity index (χ0) is 15.1. The van der Waals surface area contributed by atoms with Gasteiger partial charge in [0.2, 0.25) is 0 Å². The maximum atomic E-state index is 11.6.